The maximum atomic E-state index is 13.1. The molecule has 2 aromatic rings. The summed E-state index contributed by atoms with van der Waals surface area (Å²) in [7, 11) is 0. The number of benzene rings is 1. The molecule has 1 aliphatic carbocycles. The van der Waals surface area contributed by atoms with Crippen molar-refractivity contribution < 1.29 is 19.5 Å². The van der Waals surface area contributed by atoms with Gasteiger partial charge in [-0.2, -0.15) is 0 Å². The molecular formula is C27H32BrCl2N4O3+. The van der Waals surface area contributed by atoms with Gasteiger partial charge in [0, 0.05) is 78.5 Å². The summed E-state index contributed by atoms with van der Waals surface area (Å²) in [5.74, 6) is 0.632. The van der Waals surface area contributed by atoms with Crippen LogP contribution < -0.4 is 4.73 Å². The zero-order valence-corrected chi connectivity index (χ0v) is 24.0. The van der Waals surface area contributed by atoms with Gasteiger partial charge in [-0.25, -0.2) is 0 Å². The van der Waals surface area contributed by atoms with E-state index in [4.69, 9.17) is 23.2 Å². The second-order valence-corrected chi connectivity index (χ2v) is 12.1. The molecule has 0 radical (unpaired) electrons. The van der Waals surface area contributed by atoms with E-state index in [2.05, 4.69) is 26.9 Å². The third-order valence-electron chi connectivity index (χ3n) is 8.06. The van der Waals surface area contributed by atoms with Crippen LogP contribution in [0.4, 0.5) is 0 Å². The number of aryl methyl sites for hydroxylation is 2. The number of piperidine rings is 1. The number of rotatable bonds is 3. The van der Waals surface area contributed by atoms with Gasteiger partial charge in [0.15, 0.2) is 0 Å². The molecule has 3 heterocycles. The van der Waals surface area contributed by atoms with Crippen LogP contribution in [-0.2, 0) is 22.4 Å². The highest BCUT2D eigenvalue weighted by atomic mass is 79.9. The average molecular weight is 611 g/mol. The van der Waals surface area contributed by atoms with E-state index in [0.29, 0.717) is 48.6 Å². The number of halogens is 3. The molecule has 0 spiro atoms. The van der Waals surface area contributed by atoms with Gasteiger partial charge in [-0.1, -0.05) is 23.2 Å². The Morgan fingerprint density at radius 3 is 2.35 bits per heavy atom. The van der Waals surface area contributed by atoms with E-state index in [9.17, 15) is 14.8 Å². The van der Waals surface area contributed by atoms with E-state index in [0.717, 1.165) is 65.6 Å². The highest BCUT2D eigenvalue weighted by Crippen LogP contribution is 2.41. The Kier molecular flexibility index (Phi) is 8.01. The molecular weight excluding hydrogens is 579 g/mol. The maximum Gasteiger partial charge on any atom is 0.258 e. The highest BCUT2D eigenvalue weighted by Gasteiger charge is 2.40. The van der Waals surface area contributed by atoms with Crippen molar-refractivity contribution in [2.45, 2.75) is 45.1 Å². The second kappa shape index (κ2) is 11.1. The molecule has 2 saturated heterocycles. The molecule has 37 heavy (non-hydrogen) atoms. The zero-order valence-electron chi connectivity index (χ0n) is 20.9. The lowest BCUT2D eigenvalue weighted by molar-refractivity contribution is -0.911. The van der Waals surface area contributed by atoms with E-state index in [1.165, 1.54) is 4.73 Å². The monoisotopic (exact) mass is 609 g/mol. The fourth-order valence-electron chi connectivity index (χ4n) is 6.08. The molecule has 7 nitrogen and oxygen atoms in total. The number of fused-ring (bicyclic) bond motifs is 2. The van der Waals surface area contributed by atoms with Crippen LogP contribution in [0.2, 0.25) is 10.0 Å². The van der Waals surface area contributed by atoms with E-state index in [1.807, 2.05) is 15.9 Å². The van der Waals surface area contributed by atoms with Crippen LogP contribution in [0.15, 0.2) is 28.9 Å². The molecule has 2 aliphatic heterocycles. The number of nitrogens with zero attached hydrogens (tertiary/aromatic N) is 4. The smallest absolute Gasteiger partial charge is 0.258 e. The van der Waals surface area contributed by atoms with Crippen LogP contribution in [0.3, 0.4) is 0 Å². The van der Waals surface area contributed by atoms with Crippen molar-refractivity contribution in [3.8, 4) is 0 Å². The maximum absolute atomic E-state index is 13.1. The van der Waals surface area contributed by atoms with E-state index in [-0.39, 0.29) is 17.9 Å². The predicted molar refractivity (Wildman–Crippen MR) is 145 cm³/mol. The quantitative estimate of drug-likeness (QED) is 0.417. The van der Waals surface area contributed by atoms with E-state index >= 15 is 0 Å². The Balaban J connectivity index is 1.34. The molecule has 3 aliphatic rings. The summed E-state index contributed by atoms with van der Waals surface area (Å²) < 4.78 is 2.03. The predicted octanol–water partition coefficient (Wildman–Crippen LogP) is 4.26. The van der Waals surface area contributed by atoms with Crippen molar-refractivity contribution in [1.82, 2.24) is 14.7 Å². The van der Waals surface area contributed by atoms with Crippen molar-refractivity contribution in [3.05, 3.63) is 61.3 Å². The molecule has 10 heteroatoms. The minimum absolute atomic E-state index is 0.112. The van der Waals surface area contributed by atoms with Crippen LogP contribution in [0, 0.1) is 5.92 Å². The van der Waals surface area contributed by atoms with Crippen molar-refractivity contribution in [2.24, 2.45) is 5.92 Å². The van der Waals surface area contributed by atoms with Crippen LogP contribution >= 0.6 is 39.1 Å². The van der Waals surface area contributed by atoms with Gasteiger partial charge in [0.1, 0.15) is 6.04 Å². The van der Waals surface area contributed by atoms with Crippen molar-refractivity contribution in [2.75, 3.05) is 39.3 Å². The summed E-state index contributed by atoms with van der Waals surface area (Å²) >= 11 is 16.7. The van der Waals surface area contributed by atoms with Gasteiger partial charge in [-0.3, -0.25) is 19.7 Å². The number of amides is 2. The van der Waals surface area contributed by atoms with Crippen LogP contribution in [0.1, 0.15) is 54.6 Å². The minimum atomic E-state index is -0.247. The molecule has 0 bridgehead atoms. The molecule has 1 N–H and O–H groups in total. The second-order valence-electron chi connectivity index (χ2n) is 10.3. The lowest BCUT2D eigenvalue weighted by Crippen LogP contribution is -2.52. The fraction of sp³-hybridized carbons (Fsp3) is 0.519. The number of carbonyl (C=O) groups excluding carboxylic acids is 2. The summed E-state index contributed by atoms with van der Waals surface area (Å²) in [5.41, 5.74) is 3.93. The molecule has 2 amide bonds. The molecule has 1 aromatic heterocycles. The Morgan fingerprint density at radius 1 is 1.00 bits per heavy atom. The zero-order chi connectivity index (χ0) is 26.3. The molecule has 0 saturated carbocycles. The van der Waals surface area contributed by atoms with Gasteiger partial charge in [0.25, 0.3) is 5.69 Å². The van der Waals surface area contributed by atoms with Gasteiger partial charge >= 0.3 is 0 Å². The summed E-state index contributed by atoms with van der Waals surface area (Å²) in [6, 6.07) is 5.57. The number of likely N-dealkylation sites (tertiary alicyclic amines) is 1. The SMILES string of the molecule is CC(=O)N1CCC(CC(=O)N2CCN(C3c4c(Cl)cc(Cl)cc4CCc4cc(Br)c[n+](O)c43)CC2)CC1. The average Bonchev–Trinajstić information content (AvgIpc) is 3.02. The normalized spacial score (nSPS) is 20.8. The number of aromatic nitrogens is 1. The third-order valence-corrected chi connectivity index (χ3v) is 9.03. The standard InChI is InChI=1S/C27H32BrCl2N4O3/c1-17(35)31-6-4-18(5-7-31)12-24(36)32-8-10-33(11-9-32)27-25-19(14-22(29)15-23(25)30)2-3-20-13-21(28)16-34(37)26(20)27/h13-16,18,27,37H,2-12H2,1H3/q+1. The number of piperazine rings is 1. The Morgan fingerprint density at radius 2 is 1.68 bits per heavy atom. The number of carbonyl (C=O) groups is 2. The molecule has 1 aromatic carbocycles. The topological polar surface area (TPSA) is 68.0 Å². The lowest BCUT2D eigenvalue weighted by Gasteiger charge is -2.39. The first-order valence-corrected chi connectivity index (χ1v) is 14.4. The van der Waals surface area contributed by atoms with Gasteiger partial charge in [-0.15, -0.1) is 0 Å². The minimum Gasteiger partial charge on any atom is -0.343 e. The summed E-state index contributed by atoms with van der Waals surface area (Å²) in [6.45, 7) is 5.68. The first-order chi connectivity index (χ1) is 17.7. The Bertz CT molecular complexity index is 1150. The molecule has 1 atom stereocenters. The largest absolute Gasteiger partial charge is 0.343 e. The first kappa shape index (κ1) is 26.7. The summed E-state index contributed by atoms with van der Waals surface area (Å²) in [4.78, 5) is 30.9. The number of pyridine rings is 1. The molecule has 5 rings (SSSR count). The summed E-state index contributed by atoms with van der Waals surface area (Å²) in [6.07, 6.45) is 5.50. The Labute approximate surface area is 236 Å². The van der Waals surface area contributed by atoms with Gasteiger partial charge in [-0.05, 0) is 71.3 Å². The number of hydrogen-bond donors (Lipinski definition) is 1. The third kappa shape index (κ3) is 5.63. The van der Waals surface area contributed by atoms with Crippen molar-refractivity contribution in [1.29, 1.82) is 0 Å². The Hall–Kier alpha value is -1.87. The first-order valence-electron chi connectivity index (χ1n) is 12.9. The van der Waals surface area contributed by atoms with Crippen LogP contribution in [0.25, 0.3) is 0 Å². The lowest BCUT2D eigenvalue weighted by atomic mass is 9.92. The van der Waals surface area contributed by atoms with Crippen molar-refractivity contribution >= 4 is 50.9 Å². The van der Waals surface area contributed by atoms with Crippen LogP contribution in [-0.4, -0.2) is 71.0 Å². The number of hydrogen-bond acceptors (Lipinski definition) is 4. The van der Waals surface area contributed by atoms with E-state index in [1.54, 1.807) is 19.2 Å². The van der Waals surface area contributed by atoms with Crippen LogP contribution in [0.5, 0.6) is 0 Å². The van der Waals surface area contributed by atoms with Gasteiger partial charge in [0.2, 0.25) is 18.0 Å². The summed E-state index contributed by atoms with van der Waals surface area (Å²) in [5, 5.41) is 12.2. The van der Waals surface area contributed by atoms with Gasteiger partial charge < -0.3 is 9.80 Å². The molecule has 198 valence electrons. The highest BCUT2D eigenvalue weighted by molar-refractivity contribution is 9.10. The fourth-order valence-corrected chi connectivity index (χ4v) is 7.19. The molecule has 1 unspecified atom stereocenters. The van der Waals surface area contributed by atoms with Gasteiger partial charge in [0.05, 0.1) is 4.47 Å². The van der Waals surface area contributed by atoms with Crippen molar-refractivity contribution in [3.63, 3.8) is 0 Å². The van der Waals surface area contributed by atoms with E-state index < -0.39 is 0 Å². The molecule has 2 fully saturated rings.